The van der Waals surface area contributed by atoms with Crippen molar-refractivity contribution in [1.82, 2.24) is 0 Å². The van der Waals surface area contributed by atoms with Crippen molar-refractivity contribution in [3.63, 3.8) is 0 Å². The molecule has 0 unspecified atom stereocenters. The minimum absolute atomic E-state index is 0.0201. The smallest absolute Gasteiger partial charge is 0.279 e. The van der Waals surface area contributed by atoms with E-state index in [1.165, 1.54) is 12.1 Å². The van der Waals surface area contributed by atoms with Gasteiger partial charge in [0.15, 0.2) is 0 Å². The molecule has 0 saturated carbocycles. The van der Waals surface area contributed by atoms with Gasteiger partial charge in [-0.2, -0.15) is 13.2 Å². The molecule has 0 bridgehead atoms. The molecule has 0 radical (unpaired) electrons. The first-order chi connectivity index (χ1) is 10.6. The Morgan fingerprint density at radius 1 is 0.957 bits per heavy atom. The Morgan fingerprint density at radius 2 is 1.52 bits per heavy atom. The molecule has 0 spiro atoms. The zero-order chi connectivity index (χ0) is 17.3. The second-order valence-corrected chi connectivity index (χ2v) is 6.99. The number of nitrogens with one attached hydrogen (secondary N) is 1. The lowest BCUT2D eigenvalue weighted by molar-refractivity contribution is -0.139. The maximum Gasteiger partial charge on any atom is 0.417 e. The molecular formula is C16H16F3NO2S. The lowest BCUT2D eigenvalue weighted by atomic mass is 10.0. The van der Waals surface area contributed by atoms with Crippen LogP contribution in [0.25, 0.3) is 0 Å². The van der Waals surface area contributed by atoms with Crippen LogP contribution in [0.15, 0.2) is 53.4 Å². The molecule has 7 heteroatoms. The van der Waals surface area contributed by atoms with Gasteiger partial charge >= 0.3 is 6.18 Å². The molecule has 2 rings (SSSR count). The lowest BCUT2D eigenvalue weighted by Gasteiger charge is -2.17. The fourth-order valence-electron chi connectivity index (χ4n) is 2.23. The van der Waals surface area contributed by atoms with Gasteiger partial charge in [-0.1, -0.05) is 44.2 Å². The summed E-state index contributed by atoms with van der Waals surface area (Å²) in [5.41, 5.74) is -0.199. The van der Waals surface area contributed by atoms with Crippen molar-refractivity contribution in [3.8, 4) is 0 Å². The quantitative estimate of drug-likeness (QED) is 0.880. The van der Waals surface area contributed by atoms with Crippen molar-refractivity contribution < 1.29 is 21.6 Å². The molecule has 0 saturated heterocycles. The maximum absolute atomic E-state index is 13.0. The maximum atomic E-state index is 13.0. The Kier molecular flexibility index (Phi) is 4.70. The largest absolute Gasteiger partial charge is 0.417 e. The third kappa shape index (κ3) is 3.85. The minimum Gasteiger partial charge on any atom is -0.279 e. The predicted octanol–water partition coefficient (Wildman–Crippen LogP) is 4.63. The molecule has 0 heterocycles. The zero-order valence-corrected chi connectivity index (χ0v) is 13.4. The van der Waals surface area contributed by atoms with Gasteiger partial charge in [0.05, 0.1) is 16.1 Å². The number of hydrogen-bond donors (Lipinski definition) is 1. The zero-order valence-electron chi connectivity index (χ0n) is 12.6. The van der Waals surface area contributed by atoms with Crippen molar-refractivity contribution in [2.75, 3.05) is 4.72 Å². The molecule has 3 nitrogen and oxygen atoms in total. The van der Waals surface area contributed by atoms with Gasteiger partial charge < -0.3 is 0 Å². The summed E-state index contributed by atoms with van der Waals surface area (Å²) in [7, 11) is -4.35. The highest BCUT2D eigenvalue weighted by atomic mass is 32.2. The van der Waals surface area contributed by atoms with Gasteiger partial charge in [0.2, 0.25) is 0 Å². The fraction of sp³-hybridized carbons (Fsp3) is 0.250. The van der Waals surface area contributed by atoms with E-state index in [2.05, 4.69) is 4.72 Å². The van der Waals surface area contributed by atoms with Crippen LogP contribution in [0.5, 0.6) is 0 Å². The third-order valence-electron chi connectivity index (χ3n) is 3.31. The van der Waals surface area contributed by atoms with Gasteiger partial charge in [0, 0.05) is 0 Å². The summed E-state index contributed by atoms with van der Waals surface area (Å²) < 4.78 is 66.2. The number of halogens is 3. The topological polar surface area (TPSA) is 46.2 Å². The average Bonchev–Trinajstić information content (AvgIpc) is 2.46. The first kappa shape index (κ1) is 17.3. The highest BCUT2D eigenvalue weighted by molar-refractivity contribution is 7.92. The van der Waals surface area contributed by atoms with E-state index >= 15 is 0 Å². The number of anilines is 1. The number of alkyl halides is 3. The van der Waals surface area contributed by atoms with Crippen LogP contribution in [-0.4, -0.2) is 8.42 Å². The molecule has 124 valence electrons. The highest BCUT2D eigenvalue weighted by Crippen LogP contribution is 2.35. The molecule has 2 aromatic carbocycles. The van der Waals surface area contributed by atoms with Crippen LogP contribution in [0.1, 0.15) is 30.9 Å². The van der Waals surface area contributed by atoms with E-state index in [0.29, 0.717) is 5.56 Å². The molecule has 0 fully saturated rings. The number of hydrogen-bond acceptors (Lipinski definition) is 2. The average molecular weight is 343 g/mol. The Labute approximate surface area is 133 Å². The van der Waals surface area contributed by atoms with Crippen molar-refractivity contribution in [1.29, 1.82) is 0 Å². The summed E-state index contributed by atoms with van der Waals surface area (Å²) >= 11 is 0. The van der Waals surface area contributed by atoms with Crippen molar-refractivity contribution >= 4 is 15.7 Å². The van der Waals surface area contributed by atoms with Crippen LogP contribution in [0.3, 0.4) is 0 Å². The lowest BCUT2D eigenvalue weighted by Crippen LogP contribution is -2.19. The van der Waals surface area contributed by atoms with Gasteiger partial charge in [-0.05, 0) is 29.7 Å². The number of rotatable bonds is 4. The molecule has 0 aliphatic heterocycles. The molecule has 0 atom stereocenters. The first-order valence-corrected chi connectivity index (χ1v) is 8.39. The Balaban J connectivity index is 2.50. The van der Waals surface area contributed by atoms with Crippen LogP contribution in [0, 0.1) is 0 Å². The van der Waals surface area contributed by atoms with E-state index in [-0.39, 0.29) is 11.6 Å². The Bertz CT molecular complexity index is 799. The first-order valence-electron chi connectivity index (χ1n) is 6.91. The van der Waals surface area contributed by atoms with Gasteiger partial charge in [-0.3, -0.25) is 4.72 Å². The van der Waals surface area contributed by atoms with E-state index in [1.54, 1.807) is 18.2 Å². The summed E-state index contributed by atoms with van der Waals surface area (Å²) in [6.07, 6.45) is -4.75. The second kappa shape index (κ2) is 6.23. The van der Waals surface area contributed by atoms with Crippen molar-refractivity contribution in [3.05, 3.63) is 59.7 Å². The summed E-state index contributed by atoms with van der Waals surface area (Å²) in [6, 6.07) is 10.8. The van der Waals surface area contributed by atoms with E-state index in [4.69, 9.17) is 0 Å². The Morgan fingerprint density at radius 3 is 2.13 bits per heavy atom. The van der Waals surface area contributed by atoms with Crippen LogP contribution in [-0.2, 0) is 16.2 Å². The SMILES string of the molecule is CC(C)c1ccccc1NS(=O)(=O)c1ccccc1C(F)(F)F. The van der Waals surface area contributed by atoms with Crippen LogP contribution in [0.2, 0.25) is 0 Å². The molecule has 1 N–H and O–H groups in total. The van der Waals surface area contributed by atoms with Gasteiger partial charge in [0.25, 0.3) is 10.0 Å². The van der Waals surface area contributed by atoms with Crippen LogP contribution >= 0.6 is 0 Å². The number of sulfonamides is 1. The number of benzene rings is 2. The van der Waals surface area contributed by atoms with E-state index in [0.717, 1.165) is 18.2 Å². The number of para-hydroxylation sites is 1. The van der Waals surface area contributed by atoms with E-state index < -0.39 is 26.7 Å². The standard InChI is InChI=1S/C16H16F3NO2S/c1-11(2)12-7-3-5-9-14(12)20-23(21,22)15-10-6-4-8-13(15)16(17,18)19/h3-11,20H,1-2H3. The van der Waals surface area contributed by atoms with Gasteiger partial charge in [-0.15, -0.1) is 0 Å². The predicted molar refractivity (Wildman–Crippen MR) is 82.8 cm³/mol. The van der Waals surface area contributed by atoms with Crippen molar-refractivity contribution in [2.45, 2.75) is 30.8 Å². The third-order valence-corrected chi connectivity index (χ3v) is 4.73. The minimum atomic E-state index is -4.75. The highest BCUT2D eigenvalue weighted by Gasteiger charge is 2.37. The summed E-state index contributed by atoms with van der Waals surface area (Å²) in [4.78, 5) is -0.786. The van der Waals surface area contributed by atoms with E-state index in [9.17, 15) is 21.6 Å². The van der Waals surface area contributed by atoms with Gasteiger partial charge in [0.1, 0.15) is 0 Å². The monoisotopic (exact) mass is 343 g/mol. The second-order valence-electron chi connectivity index (χ2n) is 5.34. The molecule has 0 amide bonds. The molecular weight excluding hydrogens is 327 g/mol. The molecule has 2 aromatic rings. The fourth-order valence-corrected chi connectivity index (χ4v) is 3.54. The van der Waals surface area contributed by atoms with Crippen LogP contribution in [0.4, 0.5) is 18.9 Å². The molecule has 0 aliphatic rings. The summed E-state index contributed by atoms with van der Waals surface area (Å²) in [6.45, 7) is 3.74. The van der Waals surface area contributed by atoms with E-state index in [1.807, 2.05) is 13.8 Å². The molecule has 0 aliphatic carbocycles. The molecule has 23 heavy (non-hydrogen) atoms. The van der Waals surface area contributed by atoms with Crippen LogP contribution < -0.4 is 4.72 Å². The normalized spacial score (nSPS) is 12.4. The summed E-state index contributed by atoms with van der Waals surface area (Å²) in [5, 5.41) is 0. The Hall–Kier alpha value is -2.02. The van der Waals surface area contributed by atoms with Crippen molar-refractivity contribution in [2.24, 2.45) is 0 Å². The van der Waals surface area contributed by atoms with Gasteiger partial charge in [-0.25, -0.2) is 8.42 Å². The summed E-state index contributed by atoms with van der Waals surface area (Å²) in [5.74, 6) is 0.0201. The molecule has 0 aromatic heterocycles.